The highest BCUT2D eigenvalue weighted by atomic mass is 16.1. The van der Waals surface area contributed by atoms with Gasteiger partial charge in [-0.2, -0.15) is 0 Å². The number of aldehydes is 1. The molecule has 4 aromatic rings. The molecular weight excluding hydrogens is 540 g/mol. The molecule has 2 aliphatic heterocycles. The van der Waals surface area contributed by atoms with Crippen molar-refractivity contribution in [3.05, 3.63) is 107 Å². The Balaban J connectivity index is 1.32. The van der Waals surface area contributed by atoms with Crippen LogP contribution in [0.15, 0.2) is 79.4 Å². The lowest BCUT2D eigenvalue weighted by Gasteiger charge is -2.38. The third-order valence-corrected chi connectivity index (χ3v) is 9.60. The summed E-state index contributed by atoms with van der Waals surface area (Å²) in [6, 6.07) is 25.8. The van der Waals surface area contributed by atoms with E-state index in [2.05, 4.69) is 95.1 Å². The van der Waals surface area contributed by atoms with Crippen LogP contribution in [-0.2, 0) is 4.79 Å². The van der Waals surface area contributed by atoms with E-state index in [4.69, 9.17) is 0 Å². The second kappa shape index (κ2) is 13.1. The number of anilines is 1. The van der Waals surface area contributed by atoms with E-state index < -0.39 is 0 Å². The van der Waals surface area contributed by atoms with Gasteiger partial charge in [0.2, 0.25) is 0 Å². The highest BCUT2D eigenvalue weighted by molar-refractivity contribution is 6.18. The number of piperidine rings is 1. The molecular formula is C39H44N4O. The van der Waals surface area contributed by atoms with Crippen LogP contribution in [0.2, 0.25) is 0 Å². The van der Waals surface area contributed by atoms with Crippen molar-refractivity contribution in [2.75, 3.05) is 38.5 Å². The van der Waals surface area contributed by atoms with Gasteiger partial charge in [0.15, 0.2) is 6.29 Å². The van der Waals surface area contributed by atoms with Gasteiger partial charge in [0, 0.05) is 65.7 Å². The van der Waals surface area contributed by atoms with Crippen molar-refractivity contribution in [1.29, 1.82) is 0 Å². The zero-order valence-electron chi connectivity index (χ0n) is 26.3. The summed E-state index contributed by atoms with van der Waals surface area (Å²) in [6.45, 7) is 13.4. The lowest BCUT2D eigenvalue weighted by atomic mass is 9.91. The summed E-state index contributed by atoms with van der Waals surface area (Å²) in [7, 11) is 1.91. The second-order valence-electron chi connectivity index (χ2n) is 12.2. The molecule has 0 saturated carbocycles. The van der Waals surface area contributed by atoms with Gasteiger partial charge in [-0.05, 0) is 98.6 Å². The molecule has 5 nitrogen and oxygen atoms in total. The molecule has 0 aliphatic carbocycles. The number of hydrogen-bond donors (Lipinski definition) is 2. The topological polar surface area (TPSA) is 51.4 Å². The van der Waals surface area contributed by atoms with E-state index in [-0.39, 0.29) is 0 Å². The fourth-order valence-corrected chi connectivity index (χ4v) is 7.25. The van der Waals surface area contributed by atoms with E-state index in [0.29, 0.717) is 11.6 Å². The first kappa shape index (κ1) is 29.7. The molecule has 0 unspecified atom stereocenters. The summed E-state index contributed by atoms with van der Waals surface area (Å²) in [5.41, 5.74) is 12.2. The maximum Gasteiger partial charge on any atom is 0.150 e. The number of allylic oxidation sites excluding steroid dienone is 1. The Labute approximate surface area is 262 Å². The van der Waals surface area contributed by atoms with Crippen LogP contribution < -0.4 is 5.32 Å². The van der Waals surface area contributed by atoms with Crippen LogP contribution in [0.25, 0.3) is 39.6 Å². The average molecular weight is 585 g/mol. The van der Waals surface area contributed by atoms with E-state index in [0.717, 1.165) is 75.5 Å². The van der Waals surface area contributed by atoms with Crippen molar-refractivity contribution in [3.63, 3.8) is 0 Å². The van der Waals surface area contributed by atoms with E-state index in [1.54, 1.807) is 0 Å². The van der Waals surface area contributed by atoms with Crippen molar-refractivity contribution >= 4 is 29.3 Å². The summed E-state index contributed by atoms with van der Waals surface area (Å²) < 4.78 is 0. The summed E-state index contributed by atoms with van der Waals surface area (Å²) in [4.78, 5) is 21.6. The largest absolute Gasteiger partial charge is 0.388 e. The number of carbonyl (C=O) groups excluding carboxylic acids is 1. The van der Waals surface area contributed by atoms with Gasteiger partial charge in [0.05, 0.1) is 0 Å². The van der Waals surface area contributed by atoms with Crippen LogP contribution in [0.3, 0.4) is 0 Å². The van der Waals surface area contributed by atoms with Crippen molar-refractivity contribution in [3.8, 4) is 22.3 Å². The predicted octanol–water partition coefficient (Wildman–Crippen LogP) is 8.28. The lowest BCUT2D eigenvalue weighted by Crippen LogP contribution is -2.43. The zero-order chi connectivity index (χ0) is 30.6. The Kier molecular flexibility index (Phi) is 8.85. The summed E-state index contributed by atoms with van der Waals surface area (Å²) in [5.74, 6) is 0. The molecule has 6 rings (SSSR count). The molecule has 5 heteroatoms. The van der Waals surface area contributed by atoms with E-state index in [1.807, 2.05) is 31.3 Å². The first-order chi connectivity index (χ1) is 21.5. The van der Waals surface area contributed by atoms with E-state index in [1.165, 1.54) is 44.3 Å². The van der Waals surface area contributed by atoms with Gasteiger partial charge in [-0.15, -0.1) is 0 Å². The number of carbonyl (C=O) groups is 1. The number of hydrogen-bond acceptors (Lipinski definition) is 4. The van der Waals surface area contributed by atoms with Gasteiger partial charge in [-0.25, -0.2) is 0 Å². The van der Waals surface area contributed by atoms with Crippen LogP contribution in [0.4, 0.5) is 5.69 Å². The van der Waals surface area contributed by atoms with Crippen molar-refractivity contribution < 1.29 is 4.79 Å². The minimum Gasteiger partial charge on any atom is -0.388 e. The molecule has 0 radical (unpaired) electrons. The number of likely N-dealkylation sites (tertiary alicyclic amines) is 2. The molecule has 0 amide bonds. The van der Waals surface area contributed by atoms with Crippen LogP contribution in [0.5, 0.6) is 0 Å². The van der Waals surface area contributed by atoms with Crippen LogP contribution in [0, 0.1) is 13.8 Å². The van der Waals surface area contributed by atoms with Crippen LogP contribution in [-0.4, -0.2) is 60.3 Å². The highest BCUT2D eigenvalue weighted by Crippen LogP contribution is 2.38. The minimum atomic E-state index is 0.628. The predicted molar refractivity (Wildman–Crippen MR) is 185 cm³/mol. The quantitative estimate of drug-likeness (QED) is 0.154. The Hall–Kier alpha value is -4.35. The molecule has 44 heavy (non-hydrogen) atoms. The standard InChI is InChI=1S/C39H44N4O/c1-27-37(41-28(2)38(27)29(3)42-22-18-34(19-23-42)43-20-8-9-21-43)25-33(26-44)39-35(16-11-17-36(39)40-4)32-15-10-14-31(24-32)30-12-6-5-7-13-30/h5-7,10-17,24-26,34,40-41H,3,8-9,18-23H2,1-2,4H3/b33-25+. The van der Waals surface area contributed by atoms with Gasteiger partial charge in [0.25, 0.3) is 0 Å². The third kappa shape index (κ3) is 5.89. The maximum atomic E-state index is 12.8. The van der Waals surface area contributed by atoms with Gasteiger partial charge < -0.3 is 20.1 Å². The molecule has 2 saturated heterocycles. The van der Waals surface area contributed by atoms with Crippen molar-refractivity contribution in [2.45, 2.75) is 45.6 Å². The number of rotatable bonds is 9. The second-order valence-corrected chi connectivity index (χ2v) is 12.2. The molecule has 1 aromatic heterocycles. The van der Waals surface area contributed by atoms with Crippen LogP contribution in [0.1, 0.15) is 53.8 Å². The molecule has 0 atom stereocenters. The first-order valence-corrected chi connectivity index (χ1v) is 16.0. The number of benzene rings is 3. The molecule has 3 aromatic carbocycles. The average Bonchev–Trinajstić information content (AvgIpc) is 3.71. The Bertz CT molecular complexity index is 1670. The van der Waals surface area contributed by atoms with Crippen molar-refractivity contribution in [1.82, 2.24) is 14.8 Å². The molecule has 2 aliphatic rings. The van der Waals surface area contributed by atoms with Crippen molar-refractivity contribution in [2.24, 2.45) is 0 Å². The SMILES string of the molecule is C=C(c1c(C)[nH]c(/C=C(\C=O)c2c(NC)cccc2-c2cccc(-c3ccccc3)c2)c1C)N1CCC(N2CCCC2)CC1. The number of aromatic amines is 1. The smallest absolute Gasteiger partial charge is 0.150 e. The van der Waals surface area contributed by atoms with E-state index in [9.17, 15) is 4.79 Å². The first-order valence-electron chi connectivity index (χ1n) is 16.0. The molecule has 3 heterocycles. The van der Waals surface area contributed by atoms with Gasteiger partial charge >= 0.3 is 0 Å². The molecule has 0 spiro atoms. The number of nitrogens with one attached hydrogen (secondary N) is 2. The Morgan fingerprint density at radius 2 is 1.55 bits per heavy atom. The number of aryl methyl sites for hydroxylation is 1. The highest BCUT2D eigenvalue weighted by Gasteiger charge is 2.28. The summed E-state index contributed by atoms with van der Waals surface area (Å²) in [5, 5.41) is 3.33. The molecule has 226 valence electrons. The lowest BCUT2D eigenvalue weighted by molar-refractivity contribution is -0.103. The van der Waals surface area contributed by atoms with Crippen LogP contribution >= 0.6 is 0 Å². The summed E-state index contributed by atoms with van der Waals surface area (Å²) in [6.07, 6.45) is 8.06. The maximum absolute atomic E-state index is 12.8. The Morgan fingerprint density at radius 1 is 0.864 bits per heavy atom. The van der Waals surface area contributed by atoms with Gasteiger partial charge in [0.1, 0.15) is 0 Å². The minimum absolute atomic E-state index is 0.628. The van der Waals surface area contributed by atoms with E-state index >= 15 is 0 Å². The number of H-pyrrole nitrogens is 1. The fraction of sp³-hybridized carbons (Fsp3) is 0.308. The zero-order valence-corrected chi connectivity index (χ0v) is 26.3. The summed E-state index contributed by atoms with van der Waals surface area (Å²) >= 11 is 0. The monoisotopic (exact) mass is 584 g/mol. The number of aromatic nitrogens is 1. The number of nitrogens with zero attached hydrogens (tertiary/aromatic N) is 2. The third-order valence-electron chi connectivity index (χ3n) is 9.60. The van der Waals surface area contributed by atoms with Gasteiger partial charge in [-0.1, -0.05) is 67.2 Å². The fourth-order valence-electron chi connectivity index (χ4n) is 7.25. The Morgan fingerprint density at radius 3 is 2.25 bits per heavy atom. The van der Waals surface area contributed by atoms with Gasteiger partial charge in [-0.3, -0.25) is 4.79 Å². The molecule has 0 bridgehead atoms. The molecule has 2 fully saturated rings. The normalized spacial score (nSPS) is 16.3. The molecule has 2 N–H and O–H groups in total.